The Bertz CT molecular complexity index is 1140. The molecule has 0 radical (unpaired) electrons. The van der Waals surface area contributed by atoms with Crippen molar-refractivity contribution in [1.29, 1.82) is 0 Å². The number of aromatic nitrogens is 1. The fourth-order valence-corrected chi connectivity index (χ4v) is 4.13. The lowest BCUT2D eigenvalue weighted by Gasteiger charge is -2.18. The monoisotopic (exact) mass is 436 g/mol. The number of methoxy groups -OCH3 is 2. The van der Waals surface area contributed by atoms with Gasteiger partial charge in [0.15, 0.2) is 17.3 Å². The maximum atomic E-state index is 13.7. The van der Waals surface area contributed by atoms with Crippen molar-refractivity contribution in [1.82, 2.24) is 4.98 Å². The number of hydrogen-bond acceptors (Lipinski definition) is 5. The minimum absolute atomic E-state index is 0.132. The highest BCUT2D eigenvalue weighted by molar-refractivity contribution is 6.29. The number of carbonyl (C=O) groups is 2. The van der Waals surface area contributed by atoms with Gasteiger partial charge in [0.25, 0.3) is 0 Å². The lowest BCUT2D eigenvalue weighted by molar-refractivity contribution is -0.117. The molecule has 7 heteroatoms. The lowest BCUT2D eigenvalue weighted by Crippen LogP contribution is -2.28. The first-order valence-electron chi connectivity index (χ1n) is 9.74. The number of nitrogens with zero attached hydrogens (tertiary/aromatic N) is 1. The van der Waals surface area contributed by atoms with E-state index in [4.69, 9.17) is 21.1 Å². The van der Waals surface area contributed by atoms with Gasteiger partial charge in [-0.15, -0.1) is 0 Å². The third-order valence-corrected chi connectivity index (χ3v) is 5.82. The minimum atomic E-state index is -0.943. The summed E-state index contributed by atoms with van der Waals surface area (Å²) in [4.78, 5) is 30.7. The molecule has 158 valence electrons. The average molecular weight is 437 g/mol. The van der Waals surface area contributed by atoms with Crippen LogP contribution in [0.4, 0.5) is 5.69 Å². The summed E-state index contributed by atoms with van der Waals surface area (Å²) in [5.41, 5.74) is 0.866. The molecule has 1 fully saturated rings. The van der Waals surface area contributed by atoms with Gasteiger partial charge in [-0.1, -0.05) is 41.9 Å². The van der Waals surface area contributed by atoms with E-state index in [1.54, 1.807) is 30.3 Å². The van der Waals surface area contributed by atoms with Crippen LogP contribution in [0.1, 0.15) is 22.3 Å². The second-order valence-corrected chi connectivity index (χ2v) is 7.74. The molecule has 2 unspecified atom stereocenters. The van der Waals surface area contributed by atoms with Crippen molar-refractivity contribution in [3.05, 3.63) is 83.1 Å². The Kier molecular flexibility index (Phi) is 5.65. The van der Waals surface area contributed by atoms with Gasteiger partial charge in [-0.05, 0) is 42.3 Å². The number of rotatable bonds is 7. The zero-order valence-electron chi connectivity index (χ0n) is 17.1. The molecule has 0 saturated heterocycles. The van der Waals surface area contributed by atoms with Crippen LogP contribution < -0.4 is 14.8 Å². The number of Topliss-reactive ketones (excluding diaryl/α,β-unsaturated/α-hetero) is 1. The van der Waals surface area contributed by atoms with Crippen molar-refractivity contribution >= 4 is 29.0 Å². The van der Waals surface area contributed by atoms with Crippen LogP contribution in [0.3, 0.4) is 0 Å². The second-order valence-electron chi connectivity index (χ2n) is 7.35. The van der Waals surface area contributed by atoms with E-state index in [-0.39, 0.29) is 16.8 Å². The zero-order chi connectivity index (χ0) is 22.0. The van der Waals surface area contributed by atoms with Crippen LogP contribution in [0, 0.1) is 5.92 Å². The summed E-state index contributed by atoms with van der Waals surface area (Å²) < 4.78 is 10.6. The molecule has 2 aromatic carbocycles. The Balaban J connectivity index is 1.68. The van der Waals surface area contributed by atoms with Crippen LogP contribution in [0.15, 0.2) is 66.9 Å². The molecule has 1 N–H and O–H groups in total. The minimum Gasteiger partial charge on any atom is -0.493 e. The summed E-state index contributed by atoms with van der Waals surface area (Å²) in [6, 6.07) is 17.7. The van der Waals surface area contributed by atoms with Crippen molar-refractivity contribution < 1.29 is 19.1 Å². The van der Waals surface area contributed by atoms with Gasteiger partial charge < -0.3 is 14.8 Å². The lowest BCUT2D eigenvalue weighted by atomic mass is 9.85. The smallest absolute Gasteiger partial charge is 0.228 e. The number of nitrogens with one attached hydrogen (secondary N) is 1. The summed E-state index contributed by atoms with van der Waals surface area (Å²) in [7, 11) is 3.06. The van der Waals surface area contributed by atoms with Crippen molar-refractivity contribution in [2.75, 3.05) is 19.5 Å². The number of halogens is 1. The van der Waals surface area contributed by atoms with E-state index < -0.39 is 11.3 Å². The highest BCUT2D eigenvalue weighted by atomic mass is 35.5. The Morgan fingerprint density at radius 2 is 1.77 bits per heavy atom. The van der Waals surface area contributed by atoms with Crippen molar-refractivity contribution in [3.63, 3.8) is 0 Å². The molecule has 1 aliphatic rings. The number of hydrogen-bond donors (Lipinski definition) is 1. The summed E-state index contributed by atoms with van der Waals surface area (Å²) in [5.74, 6) is 0.118. The maximum Gasteiger partial charge on any atom is 0.228 e. The SMILES string of the molecule is COc1ccc(C(=O)C2(c3ccccc3)CC2C(=O)Nc2ccnc(Cl)c2)cc1OC. The number of pyridine rings is 1. The third-order valence-electron chi connectivity index (χ3n) is 5.61. The summed E-state index contributed by atoms with van der Waals surface area (Å²) in [6.45, 7) is 0. The Morgan fingerprint density at radius 3 is 2.45 bits per heavy atom. The van der Waals surface area contributed by atoms with E-state index in [2.05, 4.69) is 10.3 Å². The van der Waals surface area contributed by atoms with Crippen LogP contribution in [0.2, 0.25) is 5.15 Å². The molecule has 1 heterocycles. The molecule has 1 aliphatic carbocycles. The van der Waals surface area contributed by atoms with E-state index in [0.29, 0.717) is 29.2 Å². The molecular weight excluding hydrogens is 416 g/mol. The van der Waals surface area contributed by atoms with E-state index in [1.165, 1.54) is 20.4 Å². The fraction of sp³-hybridized carbons (Fsp3) is 0.208. The molecule has 6 nitrogen and oxygen atoms in total. The predicted molar refractivity (Wildman–Crippen MR) is 118 cm³/mol. The summed E-state index contributed by atoms with van der Waals surface area (Å²) in [6.07, 6.45) is 1.93. The maximum absolute atomic E-state index is 13.7. The van der Waals surface area contributed by atoms with E-state index >= 15 is 0 Å². The van der Waals surface area contributed by atoms with Crippen molar-refractivity contribution in [3.8, 4) is 11.5 Å². The van der Waals surface area contributed by atoms with Gasteiger partial charge >= 0.3 is 0 Å². The van der Waals surface area contributed by atoms with E-state index in [1.807, 2.05) is 30.3 Å². The number of ether oxygens (including phenoxy) is 2. The van der Waals surface area contributed by atoms with Gasteiger partial charge in [0.1, 0.15) is 5.15 Å². The number of ketones is 1. The summed E-state index contributed by atoms with van der Waals surface area (Å²) >= 11 is 5.92. The first kappa shape index (κ1) is 20.9. The van der Waals surface area contributed by atoms with Crippen molar-refractivity contribution in [2.45, 2.75) is 11.8 Å². The van der Waals surface area contributed by atoms with Gasteiger partial charge in [-0.2, -0.15) is 0 Å². The highest BCUT2D eigenvalue weighted by Gasteiger charge is 2.64. The molecule has 31 heavy (non-hydrogen) atoms. The Labute approximate surface area is 185 Å². The first-order valence-corrected chi connectivity index (χ1v) is 10.1. The zero-order valence-corrected chi connectivity index (χ0v) is 17.8. The van der Waals surface area contributed by atoms with Gasteiger partial charge in [0, 0.05) is 17.4 Å². The molecule has 0 spiro atoms. The topological polar surface area (TPSA) is 77.5 Å². The third kappa shape index (κ3) is 3.86. The molecule has 3 aromatic rings. The van der Waals surface area contributed by atoms with E-state index in [9.17, 15) is 9.59 Å². The van der Waals surface area contributed by atoms with E-state index in [0.717, 1.165) is 5.56 Å². The van der Waals surface area contributed by atoms with Gasteiger partial charge in [-0.25, -0.2) is 4.98 Å². The summed E-state index contributed by atoms with van der Waals surface area (Å²) in [5, 5.41) is 3.14. The largest absolute Gasteiger partial charge is 0.493 e. The quantitative estimate of drug-likeness (QED) is 0.435. The molecule has 1 saturated carbocycles. The molecule has 1 aromatic heterocycles. The van der Waals surface area contributed by atoms with Crippen LogP contribution >= 0.6 is 11.6 Å². The second kappa shape index (κ2) is 8.40. The number of amides is 1. The molecule has 0 bridgehead atoms. The number of carbonyl (C=O) groups excluding carboxylic acids is 2. The highest BCUT2D eigenvalue weighted by Crippen LogP contribution is 2.57. The normalized spacial score (nSPS) is 19.4. The standard InChI is InChI=1S/C24H21ClN2O4/c1-30-19-9-8-15(12-20(19)31-2)22(28)24(16-6-4-3-5-7-16)14-18(24)23(29)27-17-10-11-26-21(25)13-17/h3-13,18H,14H2,1-2H3,(H,26,27,29). The first-order chi connectivity index (χ1) is 15.0. The number of benzene rings is 2. The van der Waals surface area contributed by atoms with Crippen LogP contribution in [0.25, 0.3) is 0 Å². The molecule has 1 amide bonds. The average Bonchev–Trinajstić information content (AvgIpc) is 3.56. The molecule has 0 aliphatic heterocycles. The molecule has 2 atom stereocenters. The van der Waals surface area contributed by atoms with Crippen LogP contribution in [-0.2, 0) is 10.2 Å². The molecule has 4 rings (SSSR count). The van der Waals surface area contributed by atoms with Crippen LogP contribution in [-0.4, -0.2) is 30.9 Å². The Morgan fingerprint density at radius 1 is 1.03 bits per heavy atom. The number of anilines is 1. The van der Waals surface area contributed by atoms with Gasteiger partial charge in [0.2, 0.25) is 5.91 Å². The molecular formula is C24H21ClN2O4. The predicted octanol–water partition coefficient (Wildman–Crippen LogP) is 4.53. The van der Waals surface area contributed by atoms with Crippen molar-refractivity contribution in [2.24, 2.45) is 5.92 Å². The van der Waals surface area contributed by atoms with Gasteiger partial charge in [0.05, 0.1) is 25.6 Å². The van der Waals surface area contributed by atoms with Gasteiger partial charge in [-0.3, -0.25) is 9.59 Å². The van der Waals surface area contributed by atoms with Crippen LogP contribution in [0.5, 0.6) is 11.5 Å². The fourth-order valence-electron chi connectivity index (χ4n) is 3.96. The Hall–Kier alpha value is -3.38.